The summed E-state index contributed by atoms with van der Waals surface area (Å²) in [5, 5.41) is 2.78. The number of rotatable bonds is 9. The van der Waals surface area contributed by atoms with Crippen LogP contribution in [-0.2, 0) is 14.8 Å². The molecule has 2 rings (SSSR count). The maximum atomic E-state index is 12.7. The molecule has 6 nitrogen and oxygen atoms in total. The minimum Gasteiger partial charge on any atom is -0.491 e. The van der Waals surface area contributed by atoms with Gasteiger partial charge < -0.3 is 10.1 Å². The van der Waals surface area contributed by atoms with Crippen molar-refractivity contribution < 1.29 is 17.9 Å². The van der Waals surface area contributed by atoms with Crippen LogP contribution in [0.2, 0.25) is 0 Å². The molecule has 1 amide bonds. The first-order chi connectivity index (χ1) is 14.0. The van der Waals surface area contributed by atoms with E-state index in [0.717, 1.165) is 33.0 Å². The first-order valence-electron chi connectivity index (χ1n) is 10.1. The van der Waals surface area contributed by atoms with Crippen molar-refractivity contribution in [1.29, 1.82) is 0 Å². The maximum Gasteiger partial charge on any atom is 0.243 e. The van der Waals surface area contributed by atoms with E-state index in [1.807, 2.05) is 44.2 Å². The van der Waals surface area contributed by atoms with Crippen molar-refractivity contribution >= 4 is 21.6 Å². The van der Waals surface area contributed by atoms with E-state index in [1.165, 1.54) is 0 Å². The molecule has 0 radical (unpaired) electrons. The van der Waals surface area contributed by atoms with Gasteiger partial charge in [-0.25, -0.2) is 8.42 Å². The molecule has 2 aromatic rings. The smallest absolute Gasteiger partial charge is 0.243 e. The number of carbonyl (C=O) groups excluding carboxylic acids is 1. The van der Waals surface area contributed by atoms with Crippen LogP contribution in [-0.4, -0.2) is 39.8 Å². The molecule has 0 fully saturated rings. The number of anilines is 1. The third-order valence-electron chi connectivity index (χ3n) is 4.75. The Morgan fingerprint density at radius 1 is 1.07 bits per heavy atom. The lowest BCUT2D eigenvalue weighted by atomic mass is 10.0. The number of para-hydroxylation sites is 1. The summed E-state index contributed by atoms with van der Waals surface area (Å²) in [7, 11) is -3.64. The van der Waals surface area contributed by atoms with E-state index in [0.29, 0.717) is 18.2 Å². The third-order valence-corrected chi connectivity index (χ3v) is 5.99. The van der Waals surface area contributed by atoms with Crippen LogP contribution in [0.15, 0.2) is 42.5 Å². The molecule has 0 saturated carbocycles. The van der Waals surface area contributed by atoms with Gasteiger partial charge in [0.15, 0.2) is 0 Å². The van der Waals surface area contributed by atoms with Crippen molar-refractivity contribution in [2.24, 2.45) is 0 Å². The Balaban J connectivity index is 2.04. The molecule has 0 aliphatic heterocycles. The number of benzene rings is 2. The standard InChI is InChI=1S/C23H32N2O4S/c1-16(2)21-9-7-8-10-22(21)29-12-11-24-23(26)19(5)25(30(6,27)28)20-14-17(3)13-18(4)15-20/h7-10,13-16,19H,11-12H2,1-6H3,(H,24,26). The summed E-state index contributed by atoms with van der Waals surface area (Å²) in [5.41, 5.74) is 3.46. The molecule has 0 saturated heterocycles. The van der Waals surface area contributed by atoms with E-state index < -0.39 is 16.1 Å². The molecular formula is C23H32N2O4S. The van der Waals surface area contributed by atoms with Crippen LogP contribution in [0.25, 0.3) is 0 Å². The largest absolute Gasteiger partial charge is 0.491 e. The van der Waals surface area contributed by atoms with E-state index in [9.17, 15) is 13.2 Å². The van der Waals surface area contributed by atoms with Crippen molar-refractivity contribution in [3.63, 3.8) is 0 Å². The number of aryl methyl sites for hydroxylation is 2. The zero-order chi connectivity index (χ0) is 22.5. The van der Waals surface area contributed by atoms with Gasteiger partial charge in [0, 0.05) is 0 Å². The van der Waals surface area contributed by atoms with Gasteiger partial charge in [-0.15, -0.1) is 0 Å². The van der Waals surface area contributed by atoms with Crippen LogP contribution in [0.1, 0.15) is 43.4 Å². The lowest BCUT2D eigenvalue weighted by Crippen LogP contribution is -2.48. The van der Waals surface area contributed by atoms with Crippen LogP contribution in [0, 0.1) is 13.8 Å². The van der Waals surface area contributed by atoms with Gasteiger partial charge in [0.05, 0.1) is 18.5 Å². The highest BCUT2D eigenvalue weighted by Gasteiger charge is 2.29. The normalized spacial score (nSPS) is 12.5. The summed E-state index contributed by atoms with van der Waals surface area (Å²) in [5.74, 6) is 0.750. The van der Waals surface area contributed by atoms with Crippen molar-refractivity contribution in [3.8, 4) is 5.75 Å². The summed E-state index contributed by atoms with van der Waals surface area (Å²) in [4.78, 5) is 12.7. The van der Waals surface area contributed by atoms with Crippen LogP contribution in [0.3, 0.4) is 0 Å². The Morgan fingerprint density at radius 3 is 2.23 bits per heavy atom. The number of sulfonamides is 1. The van der Waals surface area contributed by atoms with E-state index >= 15 is 0 Å². The minimum absolute atomic E-state index is 0.278. The fraction of sp³-hybridized carbons (Fsp3) is 0.435. The van der Waals surface area contributed by atoms with Crippen LogP contribution in [0.5, 0.6) is 5.75 Å². The number of amides is 1. The Labute approximate surface area is 180 Å². The fourth-order valence-corrected chi connectivity index (χ4v) is 4.62. The first kappa shape index (κ1) is 23.7. The molecule has 0 aromatic heterocycles. The van der Waals surface area contributed by atoms with Crippen molar-refractivity contribution in [2.45, 2.75) is 46.6 Å². The van der Waals surface area contributed by atoms with Gasteiger partial charge in [0.2, 0.25) is 15.9 Å². The molecule has 0 heterocycles. The highest BCUT2D eigenvalue weighted by Crippen LogP contribution is 2.26. The summed E-state index contributed by atoms with van der Waals surface area (Å²) in [6.07, 6.45) is 1.11. The number of carbonyl (C=O) groups is 1. The zero-order valence-corrected chi connectivity index (χ0v) is 19.4. The Bertz CT molecular complexity index is 966. The van der Waals surface area contributed by atoms with Crippen molar-refractivity contribution in [2.75, 3.05) is 23.7 Å². The maximum absolute atomic E-state index is 12.7. The molecule has 164 valence electrons. The quantitative estimate of drug-likeness (QED) is 0.612. The van der Waals surface area contributed by atoms with E-state index in [2.05, 4.69) is 19.2 Å². The Morgan fingerprint density at radius 2 is 1.67 bits per heavy atom. The SMILES string of the molecule is Cc1cc(C)cc(N(C(C)C(=O)NCCOc2ccccc2C(C)C)S(C)(=O)=O)c1. The molecule has 0 aliphatic carbocycles. The second kappa shape index (κ2) is 9.98. The van der Waals surface area contributed by atoms with Crippen molar-refractivity contribution in [3.05, 3.63) is 59.2 Å². The molecule has 1 unspecified atom stereocenters. The predicted octanol–water partition coefficient (Wildman–Crippen LogP) is 3.78. The molecule has 0 spiro atoms. The Kier molecular flexibility index (Phi) is 7.89. The minimum atomic E-state index is -3.64. The van der Waals surface area contributed by atoms with Crippen molar-refractivity contribution in [1.82, 2.24) is 5.32 Å². The number of hydrogen-bond acceptors (Lipinski definition) is 4. The lowest BCUT2D eigenvalue weighted by Gasteiger charge is -2.28. The first-order valence-corrected chi connectivity index (χ1v) is 11.9. The average molecular weight is 433 g/mol. The van der Waals surface area contributed by atoms with Gasteiger partial charge in [-0.2, -0.15) is 0 Å². The fourth-order valence-electron chi connectivity index (χ4n) is 3.46. The zero-order valence-electron chi connectivity index (χ0n) is 18.6. The number of nitrogens with one attached hydrogen (secondary N) is 1. The second-order valence-corrected chi connectivity index (χ2v) is 9.77. The highest BCUT2D eigenvalue weighted by atomic mass is 32.2. The van der Waals surface area contributed by atoms with Gasteiger partial charge in [-0.05, 0) is 61.6 Å². The molecular weight excluding hydrogens is 400 g/mol. The molecule has 7 heteroatoms. The van der Waals surface area contributed by atoms with Crippen LogP contribution < -0.4 is 14.4 Å². The summed E-state index contributed by atoms with van der Waals surface area (Å²) < 4.78 is 31.9. The monoisotopic (exact) mass is 432 g/mol. The number of hydrogen-bond donors (Lipinski definition) is 1. The van der Waals surface area contributed by atoms with Crippen LogP contribution >= 0.6 is 0 Å². The van der Waals surface area contributed by atoms with E-state index in [1.54, 1.807) is 19.1 Å². The van der Waals surface area contributed by atoms with Gasteiger partial charge in [0.25, 0.3) is 0 Å². The van der Waals surface area contributed by atoms with Gasteiger partial charge in [-0.3, -0.25) is 9.10 Å². The highest BCUT2D eigenvalue weighted by molar-refractivity contribution is 7.92. The summed E-state index contributed by atoms with van der Waals surface area (Å²) in [6, 6.07) is 12.4. The van der Waals surface area contributed by atoms with Crippen LogP contribution in [0.4, 0.5) is 5.69 Å². The van der Waals surface area contributed by atoms with Gasteiger partial charge in [-0.1, -0.05) is 38.1 Å². The third kappa shape index (κ3) is 6.23. The second-order valence-electron chi connectivity index (χ2n) is 7.91. The van der Waals surface area contributed by atoms with Gasteiger partial charge >= 0.3 is 0 Å². The summed E-state index contributed by atoms with van der Waals surface area (Å²) >= 11 is 0. The molecule has 0 bridgehead atoms. The molecule has 0 aliphatic rings. The predicted molar refractivity (Wildman–Crippen MR) is 122 cm³/mol. The van der Waals surface area contributed by atoms with E-state index in [-0.39, 0.29) is 12.5 Å². The topological polar surface area (TPSA) is 75.7 Å². The molecule has 2 aromatic carbocycles. The number of nitrogens with zero attached hydrogens (tertiary/aromatic N) is 1. The van der Waals surface area contributed by atoms with Gasteiger partial charge in [0.1, 0.15) is 18.4 Å². The number of ether oxygens (including phenoxy) is 1. The lowest BCUT2D eigenvalue weighted by molar-refractivity contribution is -0.121. The molecule has 1 N–H and O–H groups in total. The summed E-state index contributed by atoms with van der Waals surface area (Å²) in [6.45, 7) is 10.1. The molecule has 30 heavy (non-hydrogen) atoms. The van der Waals surface area contributed by atoms with E-state index in [4.69, 9.17) is 4.74 Å². The molecule has 1 atom stereocenters. The Hall–Kier alpha value is -2.54. The average Bonchev–Trinajstić information content (AvgIpc) is 2.63.